The summed E-state index contributed by atoms with van der Waals surface area (Å²) in [4.78, 5) is 17.4. The average molecular weight is 227 g/mol. The van der Waals surface area contributed by atoms with Gasteiger partial charge in [-0.3, -0.25) is 4.79 Å². The number of carbonyl (C=O) groups is 1. The van der Waals surface area contributed by atoms with Crippen molar-refractivity contribution in [2.24, 2.45) is 0 Å². The van der Waals surface area contributed by atoms with E-state index in [1.807, 2.05) is 36.4 Å². The lowest BCUT2D eigenvalue weighted by Crippen LogP contribution is -2.02. The Kier molecular flexibility index (Phi) is 2.26. The molecule has 1 aliphatic rings. The summed E-state index contributed by atoms with van der Waals surface area (Å²) in [6.07, 6.45) is 2.22. The van der Waals surface area contributed by atoms with Gasteiger partial charge in [0.25, 0.3) is 0 Å². The number of benzene rings is 1. The summed E-state index contributed by atoms with van der Waals surface area (Å²) in [5.74, 6) is 0.176. The van der Waals surface area contributed by atoms with Crippen LogP contribution >= 0.6 is 11.8 Å². The molecule has 0 N–H and O–H groups in total. The average Bonchev–Trinajstić information content (AvgIpc) is 2.45. The first-order chi connectivity index (χ1) is 7.84. The molecule has 16 heavy (non-hydrogen) atoms. The quantitative estimate of drug-likeness (QED) is 0.693. The van der Waals surface area contributed by atoms with Gasteiger partial charge < -0.3 is 0 Å². The number of nitrogens with zero attached hydrogens (tertiary/aromatic N) is 1. The van der Waals surface area contributed by atoms with E-state index in [2.05, 4.69) is 4.98 Å². The van der Waals surface area contributed by atoms with Gasteiger partial charge in [-0.15, -0.1) is 0 Å². The van der Waals surface area contributed by atoms with Crippen LogP contribution in [0.2, 0.25) is 0 Å². The van der Waals surface area contributed by atoms with E-state index >= 15 is 0 Å². The summed E-state index contributed by atoms with van der Waals surface area (Å²) in [5.41, 5.74) is 1.83. The Bertz CT molecular complexity index is 565. The number of aromatic nitrogens is 1. The number of hydrogen-bond acceptors (Lipinski definition) is 3. The van der Waals surface area contributed by atoms with Gasteiger partial charge in [0.05, 0.1) is 0 Å². The second-order valence-electron chi connectivity index (χ2n) is 3.67. The Balaban J connectivity index is 2.18. The summed E-state index contributed by atoms with van der Waals surface area (Å²) >= 11 is 1.58. The fourth-order valence-electron chi connectivity index (χ4n) is 1.81. The van der Waals surface area contributed by atoms with Crippen molar-refractivity contribution >= 4 is 17.5 Å². The van der Waals surface area contributed by atoms with Crippen molar-refractivity contribution in [2.75, 3.05) is 0 Å². The summed E-state index contributed by atoms with van der Waals surface area (Å²) in [6.45, 7) is 0. The van der Waals surface area contributed by atoms with Gasteiger partial charge in [0, 0.05) is 23.1 Å². The largest absolute Gasteiger partial charge is 0.294 e. The highest BCUT2D eigenvalue weighted by Gasteiger charge is 2.19. The molecule has 2 nitrogen and oxygen atoms in total. The lowest BCUT2D eigenvalue weighted by Gasteiger charge is -2.02. The zero-order valence-electron chi connectivity index (χ0n) is 8.51. The van der Waals surface area contributed by atoms with Gasteiger partial charge in [-0.25, -0.2) is 4.98 Å². The third kappa shape index (κ3) is 1.53. The first-order valence-corrected chi connectivity index (χ1v) is 5.90. The predicted molar refractivity (Wildman–Crippen MR) is 62.8 cm³/mol. The van der Waals surface area contributed by atoms with E-state index in [9.17, 15) is 4.79 Å². The standard InChI is InChI=1S/C13H9NOS/c15-11-8-9-4-3-7-14-13(9)16-12-6-2-1-5-10(11)12/h1-7H,8H2. The van der Waals surface area contributed by atoms with Gasteiger partial charge in [0.2, 0.25) is 0 Å². The van der Waals surface area contributed by atoms with E-state index < -0.39 is 0 Å². The number of rotatable bonds is 0. The second-order valence-corrected chi connectivity index (χ2v) is 4.70. The Morgan fingerprint density at radius 1 is 1.12 bits per heavy atom. The van der Waals surface area contributed by atoms with Crippen molar-refractivity contribution in [1.29, 1.82) is 0 Å². The topological polar surface area (TPSA) is 30.0 Å². The van der Waals surface area contributed by atoms with Crippen molar-refractivity contribution in [3.63, 3.8) is 0 Å². The first-order valence-electron chi connectivity index (χ1n) is 5.08. The van der Waals surface area contributed by atoms with Gasteiger partial charge in [-0.05, 0) is 17.7 Å². The smallest absolute Gasteiger partial charge is 0.168 e. The zero-order chi connectivity index (χ0) is 11.0. The van der Waals surface area contributed by atoms with Crippen LogP contribution in [0, 0.1) is 0 Å². The van der Waals surface area contributed by atoms with Crippen molar-refractivity contribution in [3.05, 3.63) is 53.7 Å². The molecule has 78 valence electrons. The zero-order valence-corrected chi connectivity index (χ0v) is 9.33. The summed E-state index contributed by atoms with van der Waals surface area (Å²) < 4.78 is 0. The van der Waals surface area contributed by atoms with Crippen LogP contribution in [0.4, 0.5) is 0 Å². The minimum atomic E-state index is 0.176. The molecule has 0 fully saturated rings. The third-order valence-electron chi connectivity index (χ3n) is 2.60. The Morgan fingerprint density at radius 2 is 2.00 bits per heavy atom. The van der Waals surface area contributed by atoms with Crippen molar-refractivity contribution in [2.45, 2.75) is 16.3 Å². The third-order valence-corrected chi connectivity index (χ3v) is 3.73. The molecule has 0 spiro atoms. The number of ketones is 1. The summed E-state index contributed by atoms with van der Waals surface area (Å²) in [6, 6.07) is 11.6. The predicted octanol–water partition coefficient (Wildman–Crippen LogP) is 2.97. The molecule has 0 amide bonds. The number of Topliss-reactive ketones (excluding diaryl/α,β-unsaturated/α-hetero) is 1. The minimum absolute atomic E-state index is 0.176. The molecule has 0 atom stereocenters. The van der Waals surface area contributed by atoms with Gasteiger partial charge >= 0.3 is 0 Å². The highest BCUT2D eigenvalue weighted by Crippen LogP contribution is 2.35. The molecule has 2 aromatic rings. The van der Waals surface area contributed by atoms with Crippen molar-refractivity contribution in [3.8, 4) is 0 Å². The fourth-order valence-corrected chi connectivity index (χ4v) is 2.84. The molecule has 0 saturated heterocycles. The van der Waals surface area contributed by atoms with Gasteiger partial charge in [-0.1, -0.05) is 36.0 Å². The SMILES string of the molecule is O=C1Cc2cccnc2Sc2ccccc21. The van der Waals surface area contributed by atoms with E-state index in [0.29, 0.717) is 6.42 Å². The van der Waals surface area contributed by atoms with Crippen LogP contribution in [0.1, 0.15) is 15.9 Å². The lowest BCUT2D eigenvalue weighted by molar-refractivity contribution is 0.0990. The van der Waals surface area contributed by atoms with E-state index in [-0.39, 0.29) is 5.78 Å². The number of carbonyl (C=O) groups excluding carboxylic acids is 1. The summed E-state index contributed by atoms with van der Waals surface area (Å²) in [5, 5.41) is 0.945. The van der Waals surface area contributed by atoms with Crippen LogP contribution in [0.3, 0.4) is 0 Å². The molecule has 2 heterocycles. The maximum Gasteiger partial charge on any atom is 0.168 e. The van der Waals surface area contributed by atoms with Crippen molar-refractivity contribution < 1.29 is 4.79 Å². The van der Waals surface area contributed by atoms with Gasteiger partial charge in [-0.2, -0.15) is 0 Å². The Labute approximate surface area is 97.7 Å². The number of pyridine rings is 1. The van der Waals surface area contributed by atoms with Crippen LogP contribution in [-0.2, 0) is 6.42 Å². The molecule has 0 saturated carbocycles. The molecule has 0 aliphatic carbocycles. The van der Waals surface area contributed by atoms with E-state index in [4.69, 9.17) is 0 Å². The monoisotopic (exact) mass is 227 g/mol. The van der Waals surface area contributed by atoms with E-state index in [0.717, 1.165) is 21.0 Å². The van der Waals surface area contributed by atoms with Gasteiger partial charge in [0.15, 0.2) is 5.78 Å². The maximum absolute atomic E-state index is 12.0. The molecule has 3 heteroatoms. The first kappa shape index (κ1) is 9.60. The van der Waals surface area contributed by atoms with Crippen LogP contribution in [0.25, 0.3) is 0 Å². The normalized spacial score (nSPS) is 13.9. The summed E-state index contributed by atoms with van der Waals surface area (Å²) in [7, 11) is 0. The highest BCUT2D eigenvalue weighted by atomic mass is 32.2. The van der Waals surface area contributed by atoms with Crippen LogP contribution in [0.5, 0.6) is 0 Å². The van der Waals surface area contributed by atoms with Gasteiger partial charge in [0.1, 0.15) is 5.03 Å². The Hall–Kier alpha value is -1.61. The van der Waals surface area contributed by atoms with Crippen LogP contribution in [-0.4, -0.2) is 10.8 Å². The van der Waals surface area contributed by atoms with E-state index in [1.165, 1.54) is 0 Å². The number of fused-ring (bicyclic) bond motifs is 2. The minimum Gasteiger partial charge on any atom is -0.294 e. The lowest BCUT2D eigenvalue weighted by atomic mass is 10.0. The molecular weight excluding hydrogens is 218 g/mol. The molecule has 3 rings (SSSR count). The molecule has 0 unspecified atom stereocenters. The second kappa shape index (κ2) is 3.76. The van der Waals surface area contributed by atoms with Crippen molar-refractivity contribution in [1.82, 2.24) is 4.98 Å². The Morgan fingerprint density at radius 3 is 2.94 bits per heavy atom. The maximum atomic E-state index is 12.0. The molecule has 1 aliphatic heterocycles. The molecule has 0 radical (unpaired) electrons. The van der Waals surface area contributed by atoms with Crippen LogP contribution < -0.4 is 0 Å². The number of hydrogen-bond donors (Lipinski definition) is 0. The highest BCUT2D eigenvalue weighted by molar-refractivity contribution is 7.99. The fraction of sp³-hybridized carbons (Fsp3) is 0.0769. The molecule has 1 aromatic carbocycles. The van der Waals surface area contributed by atoms with Crippen LogP contribution in [0.15, 0.2) is 52.5 Å². The molecule has 1 aromatic heterocycles. The molecule has 0 bridgehead atoms. The van der Waals surface area contributed by atoms with E-state index in [1.54, 1.807) is 18.0 Å². The molecular formula is C13H9NOS.